The molecule has 0 aliphatic rings. The number of nitrogens with two attached hydrogens (primary N) is 1. The van der Waals surface area contributed by atoms with Gasteiger partial charge < -0.3 is 10.5 Å². The van der Waals surface area contributed by atoms with Gasteiger partial charge in [0, 0.05) is 13.1 Å². The second-order valence-electron chi connectivity index (χ2n) is 5.21. The molecule has 0 saturated carbocycles. The van der Waals surface area contributed by atoms with Gasteiger partial charge in [-0.25, -0.2) is 0 Å². The van der Waals surface area contributed by atoms with Gasteiger partial charge in [0.05, 0.1) is 11.4 Å². The Balaban J connectivity index is 1.92. The first-order valence-electron chi connectivity index (χ1n) is 7.05. The summed E-state index contributed by atoms with van der Waals surface area (Å²) in [6.45, 7) is 4.62. The van der Waals surface area contributed by atoms with Gasteiger partial charge in [-0.3, -0.25) is 4.68 Å². The number of aromatic nitrogens is 2. The highest BCUT2D eigenvalue weighted by Crippen LogP contribution is 2.15. The molecule has 1 unspecified atom stereocenters. The van der Waals surface area contributed by atoms with Gasteiger partial charge in [-0.15, -0.1) is 0 Å². The van der Waals surface area contributed by atoms with E-state index in [0.29, 0.717) is 6.61 Å². The summed E-state index contributed by atoms with van der Waals surface area (Å²) in [6, 6.07) is 10.4. The molecule has 0 amide bonds. The Hall–Kier alpha value is -1.81. The van der Waals surface area contributed by atoms with Crippen LogP contribution >= 0.6 is 0 Å². The maximum Gasteiger partial charge on any atom is 0.130 e. The fourth-order valence-corrected chi connectivity index (χ4v) is 2.13. The number of hydrogen-bond acceptors (Lipinski definition) is 3. The smallest absolute Gasteiger partial charge is 0.130 e. The van der Waals surface area contributed by atoms with Gasteiger partial charge in [-0.2, -0.15) is 5.10 Å². The number of nitrogens with zero attached hydrogens (tertiary/aromatic N) is 2. The van der Waals surface area contributed by atoms with Crippen LogP contribution in [-0.4, -0.2) is 15.8 Å². The van der Waals surface area contributed by atoms with Crippen molar-refractivity contribution in [2.24, 2.45) is 12.8 Å². The van der Waals surface area contributed by atoms with Crippen molar-refractivity contribution in [2.45, 2.75) is 39.3 Å². The second kappa shape index (κ2) is 6.57. The summed E-state index contributed by atoms with van der Waals surface area (Å²) in [6.07, 6.45) is 1.91. The van der Waals surface area contributed by atoms with Gasteiger partial charge in [0.15, 0.2) is 0 Å². The molecular formula is C16H23N3O. The van der Waals surface area contributed by atoms with Crippen LogP contribution in [0.3, 0.4) is 0 Å². The maximum atomic E-state index is 5.96. The van der Waals surface area contributed by atoms with Crippen LogP contribution in [0.25, 0.3) is 0 Å². The molecule has 2 N–H and O–H groups in total. The molecule has 1 aromatic heterocycles. The molecule has 2 aromatic rings. The fourth-order valence-electron chi connectivity index (χ4n) is 2.13. The normalized spacial score (nSPS) is 12.4. The lowest BCUT2D eigenvalue weighted by Gasteiger charge is -2.10. The third-order valence-corrected chi connectivity index (χ3v) is 3.43. The number of benzene rings is 1. The number of ether oxygens (including phenoxy) is 1. The molecule has 0 aliphatic heterocycles. The molecule has 0 aliphatic carbocycles. The first-order chi connectivity index (χ1) is 9.58. The zero-order chi connectivity index (χ0) is 14.5. The molecular weight excluding hydrogens is 250 g/mol. The van der Waals surface area contributed by atoms with Gasteiger partial charge in [0.2, 0.25) is 0 Å². The van der Waals surface area contributed by atoms with Crippen molar-refractivity contribution in [3.63, 3.8) is 0 Å². The summed E-state index contributed by atoms with van der Waals surface area (Å²) in [5, 5.41) is 4.30. The Morgan fingerprint density at radius 3 is 2.55 bits per heavy atom. The van der Waals surface area contributed by atoms with Crippen molar-refractivity contribution < 1.29 is 4.74 Å². The zero-order valence-electron chi connectivity index (χ0n) is 12.5. The summed E-state index contributed by atoms with van der Waals surface area (Å²) in [5.74, 6) is 0.873. The summed E-state index contributed by atoms with van der Waals surface area (Å²) < 4.78 is 7.63. The molecule has 4 heteroatoms. The molecule has 20 heavy (non-hydrogen) atoms. The summed E-state index contributed by atoms with van der Waals surface area (Å²) in [4.78, 5) is 0. The molecule has 108 valence electrons. The van der Waals surface area contributed by atoms with Crippen molar-refractivity contribution >= 4 is 0 Å². The average Bonchev–Trinajstić information content (AvgIpc) is 2.76. The molecule has 0 radical (unpaired) electrons. The van der Waals surface area contributed by atoms with Crippen molar-refractivity contribution in [3.8, 4) is 5.75 Å². The third kappa shape index (κ3) is 3.84. The lowest BCUT2D eigenvalue weighted by Crippen LogP contribution is -2.21. The molecule has 4 nitrogen and oxygen atoms in total. The van der Waals surface area contributed by atoms with E-state index in [-0.39, 0.29) is 6.04 Å². The summed E-state index contributed by atoms with van der Waals surface area (Å²) in [5.41, 5.74) is 9.29. The summed E-state index contributed by atoms with van der Waals surface area (Å²) >= 11 is 0. The minimum Gasteiger partial charge on any atom is -0.487 e. The highest BCUT2D eigenvalue weighted by atomic mass is 16.5. The Labute approximate surface area is 120 Å². The summed E-state index contributed by atoms with van der Waals surface area (Å²) in [7, 11) is 1.93. The third-order valence-electron chi connectivity index (χ3n) is 3.43. The van der Waals surface area contributed by atoms with Gasteiger partial charge in [-0.1, -0.05) is 19.1 Å². The van der Waals surface area contributed by atoms with E-state index in [4.69, 9.17) is 10.5 Å². The standard InChI is InChI=1S/C16H23N3O/c1-4-14(17)10-13-5-7-16(8-6-13)20-11-15-9-12(2)18-19(15)3/h5-9,14H,4,10-11,17H2,1-3H3. The van der Waals surface area contributed by atoms with Crippen LogP contribution in [0.2, 0.25) is 0 Å². The van der Waals surface area contributed by atoms with Crippen LogP contribution in [0, 0.1) is 6.92 Å². The molecule has 1 atom stereocenters. The average molecular weight is 273 g/mol. The van der Waals surface area contributed by atoms with E-state index in [9.17, 15) is 0 Å². The lowest BCUT2D eigenvalue weighted by molar-refractivity contribution is 0.295. The van der Waals surface area contributed by atoms with Crippen molar-refractivity contribution in [1.29, 1.82) is 0 Å². The van der Waals surface area contributed by atoms with Crippen molar-refractivity contribution in [3.05, 3.63) is 47.3 Å². The van der Waals surface area contributed by atoms with E-state index >= 15 is 0 Å². The fraction of sp³-hybridized carbons (Fsp3) is 0.438. The first-order valence-corrected chi connectivity index (χ1v) is 7.05. The van der Waals surface area contributed by atoms with E-state index in [2.05, 4.69) is 24.2 Å². The first kappa shape index (κ1) is 14.6. The van der Waals surface area contributed by atoms with Gasteiger partial charge in [0.1, 0.15) is 12.4 Å². The molecule has 0 spiro atoms. The van der Waals surface area contributed by atoms with Crippen LogP contribution in [0.5, 0.6) is 5.75 Å². The molecule has 0 fully saturated rings. The number of hydrogen-bond donors (Lipinski definition) is 1. The highest BCUT2D eigenvalue weighted by molar-refractivity contribution is 5.28. The SMILES string of the molecule is CCC(N)Cc1ccc(OCc2cc(C)nn2C)cc1. The lowest BCUT2D eigenvalue weighted by atomic mass is 10.0. The van der Waals surface area contributed by atoms with Gasteiger partial charge in [-0.05, 0) is 43.5 Å². The largest absolute Gasteiger partial charge is 0.487 e. The quantitative estimate of drug-likeness (QED) is 0.880. The van der Waals surface area contributed by atoms with E-state index < -0.39 is 0 Å². The highest BCUT2D eigenvalue weighted by Gasteiger charge is 2.04. The predicted molar refractivity (Wildman–Crippen MR) is 80.7 cm³/mol. The minimum atomic E-state index is 0.235. The topological polar surface area (TPSA) is 53.1 Å². The number of aryl methyl sites for hydroxylation is 2. The Morgan fingerprint density at radius 1 is 1.30 bits per heavy atom. The van der Waals surface area contributed by atoms with Crippen LogP contribution < -0.4 is 10.5 Å². The monoisotopic (exact) mass is 273 g/mol. The predicted octanol–water partition coefficient (Wildman–Crippen LogP) is 2.59. The van der Waals surface area contributed by atoms with Crippen molar-refractivity contribution in [1.82, 2.24) is 9.78 Å². The molecule has 0 bridgehead atoms. The van der Waals surface area contributed by atoms with Crippen LogP contribution in [0.4, 0.5) is 0 Å². The molecule has 2 rings (SSSR count). The van der Waals surface area contributed by atoms with E-state index in [1.807, 2.05) is 36.9 Å². The van der Waals surface area contributed by atoms with E-state index in [1.165, 1.54) is 5.56 Å². The molecule has 1 heterocycles. The molecule has 0 saturated heterocycles. The number of rotatable bonds is 6. The van der Waals surface area contributed by atoms with E-state index in [1.54, 1.807) is 0 Å². The van der Waals surface area contributed by atoms with Gasteiger partial charge >= 0.3 is 0 Å². The maximum absolute atomic E-state index is 5.96. The Bertz CT molecular complexity index is 545. The molecule has 1 aromatic carbocycles. The van der Waals surface area contributed by atoms with Crippen LogP contribution in [0.1, 0.15) is 30.3 Å². The zero-order valence-corrected chi connectivity index (χ0v) is 12.5. The second-order valence-corrected chi connectivity index (χ2v) is 5.21. The Morgan fingerprint density at radius 2 is 2.00 bits per heavy atom. The van der Waals surface area contributed by atoms with E-state index in [0.717, 1.165) is 30.0 Å². The van der Waals surface area contributed by atoms with Crippen LogP contribution in [0.15, 0.2) is 30.3 Å². The van der Waals surface area contributed by atoms with Crippen LogP contribution in [-0.2, 0) is 20.1 Å². The Kier molecular flexibility index (Phi) is 4.79. The van der Waals surface area contributed by atoms with Crippen molar-refractivity contribution in [2.75, 3.05) is 0 Å². The van der Waals surface area contributed by atoms with Gasteiger partial charge in [0.25, 0.3) is 0 Å². The minimum absolute atomic E-state index is 0.235.